The molecular weight excluding hydrogens is 700 g/mol. The molecule has 3 aromatic heterocycles. The maximum Gasteiger partial charge on any atom is 0.341 e. The number of aromatic hydroxyl groups is 1. The van der Waals surface area contributed by atoms with E-state index >= 15 is 0 Å². The SMILES string of the molecule is Cc1cc(=O)c2c(O)c3c(cc2o1)OC(C)(C)[C@@]12CC[C@@H](C[C@H]31)C[C@@]1(O[C@@H]1CCC1=CC(C3=CC(Cn4cc5cc[nH]c5c4)NC(N)=C3)NC(N)=C1)C(=O)O2. The number of benzene rings is 1. The van der Waals surface area contributed by atoms with Crippen LogP contribution in [-0.4, -0.2) is 55.6 Å². The number of nitrogens with zero attached hydrogens (tertiary/aromatic N) is 1. The van der Waals surface area contributed by atoms with Crippen LogP contribution in [0.15, 0.2) is 93.1 Å². The van der Waals surface area contributed by atoms with E-state index in [1.165, 1.54) is 6.07 Å². The molecule has 3 saturated heterocycles. The number of epoxide rings is 1. The van der Waals surface area contributed by atoms with Crippen molar-refractivity contribution in [3.05, 3.63) is 105 Å². The minimum atomic E-state index is -1.07. The maximum atomic E-state index is 14.4. The summed E-state index contributed by atoms with van der Waals surface area (Å²) in [5, 5.41) is 19.7. The number of phenolic OH excluding ortho intramolecular Hbond substituents is 1. The first kappa shape index (κ1) is 34.0. The number of fused-ring (bicyclic) bond motifs is 5. The van der Waals surface area contributed by atoms with Gasteiger partial charge in [0.15, 0.2) is 16.6 Å². The fraction of sp³-hybridized carbons (Fsp3) is 0.429. The van der Waals surface area contributed by atoms with Gasteiger partial charge in [0.2, 0.25) is 0 Å². The number of dihydropyridines is 2. The van der Waals surface area contributed by atoms with Crippen molar-refractivity contribution in [2.75, 3.05) is 0 Å². The van der Waals surface area contributed by atoms with E-state index in [2.05, 4.69) is 50.8 Å². The third kappa shape index (κ3) is 5.30. The van der Waals surface area contributed by atoms with Crippen LogP contribution < -0.4 is 32.3 Å². The van der Waals surface area contributed by atoms with Crippen molar-refractivity contribution in [3.8, 4) is 11.5 Å². The molecule has 11 rings (SSSR count). The fourth-order valence-electron chi connectivity index (χ4n) is 10.3. The van der Waals surface area contributed by atoms with E-state index in [1.54, 1.807) is 13.0 Å². The molecule has 2 spiro atoms. The van der Waals surface area contributed by atoms with Crippen molar-refractivity contribution in [3.63, 3.8) is 0 Å². The lowest BCUT2D eigenvalue weighted by molar-refractivity contribution is -0.219. The van der Waals surface area contributed by atoms with E-state index in [0.29, 0.717) is 67.4 Å². The number of phenols is 1. The molecule has 2 bridgehead atoms. The number of rotatable bonds is 6. The Morgan fingerprint density at radius 1 is 1.05 bits per heavy atom. The van der Waals surface area contributed by atoms with E-state index in [1.807, 2.05) is 32.2 Å². The van der Waals surface area contributed by atoms with Gasteiger partial charge in [-0.1, -0.05) is 12.2 Å². The zero-order chi connectivity index (χ0) is 38.0. The lowest BCUT2D eigenvalue weighted by Crippen LogP contribution is -2.66. The van der Waals surface area contributed by atoms with Crippen LogP contribution in [0.5, 0.6) is 11.5 Å². The lowest BCUT2D eigenvalue weighted by Gasteiger charge is -2.58. The molecule has 13 nitrogen and oxygen atoms in total. The Morgan fingerprint density at radius 2 is 1.89 bits per heavy atom. The predicted molar refractivity (Wildman–Crippen MR) is 205 cm³/mol. The summed E-state index contributed by atoms with van der Waals surface area (Å²) < 4.78 is 27.6. The Hall–Kier alpha value is -5.56. The monoisotopic (exact) mass is 746 g/mol. The summed E-state index contributed by atoms with van der Waals surface area (Å²) >= 11 is 0. The molecule has 1 aliphatic carbocycles. The first-order valence-electron chi connectivity index (χ1n) is 19.2. The Morgan fingerprint density at radius 3 is 2.73 bits per heavy atom. The molecule has 1 aromatic carbocycles. The highest BCUT2D eigenvalue weighted by Gasteiger charge is 2.71. The van der Waals surface area contributed by atoms with Gasteiger partial charge in [0.25, 0.3) is 0 Å². The van der Waals surface area contributed by atoms with Gasteiger partial charge in [0.05, 0.1) is 35.3 Å². The minimum Gasteiger partial charge on any atom is -0.507 e. The van der Waals surface area contributed by atoms with Gasteiger partial charge < -0.3 is 55.4 Å². The zero-order valence-corrected chi connectivity index (χ0v) is 31.1. The number of nitrogens with two attached hydrogens (primary N) is 2. The molecule has 7 aliphatic rings. The second-order valence-electron chi connectivity index (χ2n) is 16.8. The van der Waals surface area contributed by atoms with Crippen molar-refractivity contribution < 1.29 is 28.5 Å². The van der Waals surface area contributed by atoms with Crippen LogP contribution in [0.3, 0.4) is 0 Å². The summed E-state index contributed by atoms with van der Waals surface area (Å²) in [7, 11) is 0. The van der Waals surface area contributed by atoms with Crippen molar-refractivity contribution >= 4 is 27.8 Å². The third-order valence-electron chi connectivity index (χ3n) is 12.9. The first-order chi connectivity index (χ1) is 26.3. The molecule has 13 heteroatoms. The average Bonchev–Trinajstić information content (AvgIpc) is 3.41. The number of carbonyl (C=O) groups is 1. The number of allylic oxidation sites excluding steroid dienone is 2. The van der Waals surface area contributed by atoms with Crippen LogP contribution in [-0.2, 0) is 20.8 Å². The molecule has 9 heterocycles. The third-order valence-corrected chi connectivity index (χ3v) is 12.9. The molecule has 2 unspecified atom stereocenters. The van der Waals surface area contributed by atoms with Crippen LogP contribution in [0, 0.1) is 12.8 Å². The molecule has 1 saturated carbocycles. The molecular formula is C42H46N6O7. The Bertz CT molecular complexity index is 2460. The van der Waals surface area contributed by atoms with Gasteiger partial charge in [-0.3, -0.25) is 4.79 Å². The topological polar surface area (TPSA) is 195 Å². The standard InChI is InChI=1S/C42H46N6O7/c1-21-10-30(49)37-31(52-21)16-32-36(38(37)50)27-11-23-6-8-42(27,40(2,3)53-32)55-39(51)41(17-23)33(54-41)5-4-22-12-28(47-34(43)13-22)25-14-26(46-35(44)15-25)19-48-18-24-7-9-45-29(24)20-48/h7,9-10,12-16,18,20,23,26-28,33,45-47,50H,4-6,8,11,17,19,43-44H2,1-3H3/t23-,26?,27+,28?,33+,41-,42+/m0/s1. The molecule has 0 radical (unpaired) electrons. The average molecular weight is 747 g/mol. The number of aromatic nitrogens is 2. The second-order valence-corrected chi connectivity index (χ2v) is 16.8. The molecule has 6 aliphatic heterocycles. The second kappa shape index (κ2) is 11.7. The van der Waals surface area contributed by atoms with Crippen molar-refractivity contribution in [2.45, 2.75) is 107 Å². The van der Waals surface area contributed by atoms with E-state index in [4.69, 9.17) is 30.1 Å². The van der Waals surface area contributed by atoms with Gasteiger partial charge >= 0.3 is 5.97 Å². The number of nitrogens with one attached hydrogen (secondary N) is 3. The maximum absolute atomic E-state index is 14.4. The predicted octanol–water partition coefficient (Wildman–Crippen LogP) is 4.84. The summed E-state index contributed by atoms with van der Waals surface area (Å²) in [6, 6.07) is 4.94. The number of hydrogen-bond donors (Lipinski definition) is 6. The summed E-state index contributed by atoms with van der Waals surface area (Å²) in [6.45, 7) is 6.28. The van der Waals surface area contributed by atoms with Gasteiger partial charge in [0.1, 0.15) is 33.8 Å². The number of aromatic amines is 1. The summed E-state index contributed by atoms with van der Waals surface area (Å²) in [5.41, 5.74) is 13.4. The Labute approximate surface area is 317 Å². The highest BCUT2D eigenvalue weighted by atomic mass is 16.7. The van der Waals surface area contributed by atoms with Gasteiger partial charge in [0, 0.05) is 54.1 Å². The van der Waals surface area contributed by atoms with Crippen molar-refractivity contribution in [1.82, 2.24) is 20.2 Å². The largest absolute Gasteiger partial charge is 0.507 e. The quantitative estimate of drug-likeness (QED) is 0.117. The van der Waals surface area contributed by atoms with E-state index < -0.39 is 16.8 Å². The normalized spacial score (nSPS) is 31.8. The molecule has 8 N–H and O–H groups in total. The van der Waals surface area contributed by atoms with Crippen molar-refractivity contribution in [1.29, 1.82) is 0 Å². The minimum absolute atomic E-state index is 0.0120. The number of hydrogen-bond acceptors (Lipinski definition) is 11. The van der Waals surface area contributed by atoms with Crippen LogP contribution >= 0.6 is 0 Å². The van der Waals surface area contributed by atoms with Gasteiger partial charge in [-0.05, 0) is 94.6 Å². The van der Waals surface area contributed by atoms with E-state index in [0.717, 1.165) is 28.5 Å². The summed E-state index contributed by atoms with van der Waals surface area (Å²) in [6.07, 6.45) is 17.9. The summed E-state index contributed by atoms with van der Waals surface area (Å²) in [4.78, 5) is 30.7. The number of aryl methyl sites for hydroxylation is 1. The highest BCUT2D eigenvalue weighted by molar-refractivity contribution is 5.88. The van der Waals surface area contributed by atoms with Crippen LogP contribution in [0.25, 0.3) is 21.9 Å². The zero-order valence-electron chi connectivity index (χ0n) is 31.1. The highest BCUT2D eigenvalue weighted by Crippen LogP contribution is 2.64. The lowest BCUT2D eigenvalue weighted by atomic mass is 9.58. The van der Waals surface area contributed by atoms with Crippen LogP contribution in [0.2, 0.25) is 0 Å². The molecule has 286 valence electrons. The van der Waals surface area contributed by atoms with E-state index in [-0.39, 0.29) is 58.1 Å². The number of ether oxygens (including phenoxy) is 3. The summed E-state index contributed by atoms with van der Waals surface area (Å²) in [5.74, 6) is 1.27. The Kier molecular flexibility index (Phi) is 7.24. The number of H-pyrrole nitrogens is 1. The molecule has 0 amide bonds. The molecule has 7 atom stereocenters. The van der Waals surface area contributed by atoms with Gasteiger partial charge in [-0.15, -0.1) is 0 Å². The van der Waals surface area contributed by atoms with Crippen molar-refractivity contribution in [2.24, 2.45) is 17.4 Å². The number of esters is 1. The van der Waals surface area contributed by atoms with Crippen LogP contribution in [0.1, 0.15) is 69.6 Å². The van der Waals surface area contributed by atoms with Gasteiger partial charge in [-0.25, -0.2) is 4.79 Å². The molecule has 55 heavy (non-hydrogen) atoms. The van der Waals surface area contributed by atoms with Gasteiger partial charge in [-0.2, -0.15) is 0 Å². The number of carbonyl (C=O) groups excluding carboxylic acids is 1. The molecule has 4 aromatic rings. The first-order valence-corrected chi connectivity index (χ1v) is 19.2. The smallest absolute Gasteiger partial charge is 0.341 e. The van der Waals surface area contributed by atoms with Crippen LogP contribution in [0.4, 0.5) is 0 Å². The van der Waals surface area contributed by atoms with E-state index in [9.17, 15) is 14.7 Å². The fourth-order valence-corrected chi connectivity index (χ4v) is 10.3. The molecule has 4 fully saturated rings. The Balaban J connectivity index is 0.873.